The minimum Gasteiger partial charge on any atom is -0.494 e. The molecule has 0 radical (unpaired) electrons. The molecule has 1 aromatic rings. The standard InChI is InChI=1S/C14H19NO2/c1-2-17-11-5-6-12-10(7-11)8-13(16)14(15-12)9-3-4-9/h5-7,9,13-16H,2-4,8H2,1H3. The Morgan fingerprint density at radius 2 is 2.24 bits per heavy atom. The lowest BCUT2D eigenvalue weighted by atomic mass is 9.92. The summed E-state index contributed by atoms with van der Waals surface area (Å²) < 4.78 is 5.48. The fourth-order valence-corrected chi connectivity index (χ4v) is 2.65. The topological polar surface area (TPSA) is 41.5 Å². The molecule has 17 heavy (non-hydrogen) atoms. The van der Waals surface area contributed by atoms with E-state index in [1.54, 1.807) is 0 Å². The number of nitrogens with one attached hydrogen (secondary N) is 1. The van der Waals surface area contributed by atoms with E-state index in [0.29, 0.717) is 12.5 Å². The van der Waals surface area contributed by atoms with E-state index < -0.39 is 0 Å². The second kappa shape index (κ2) is 4.22. The van der Waals surface area contributed by atoms with Crippen molar-refractivity contribution in [3.8, 4) is 5.75 Å². The molecule has 2 N–H and O–H groups in total. The molecule has 1 heterocycles. The van der Waals surface area contributed by atoms with Gasteiger partial charge in [-0.25, -0.2) is 0 Å². The average Bonchev–Trinajstić information content (AvgIpc) is 3.12. The maximum Gasteiger partial charge on any atom is 0.119 e. The van der Waals surface area contributed by atoms with Gasteiger partial charge in [-0.2, -0.15) is 0 Å². The van der Waals surface area contributed by atoms with Crippen molar-refractivity contribution < 1.29 is 9.84 Å². The molecule has 0 saturated heterocycles. The summed E-state index contributed by atoms with van der Waals surface area (Å²) in [5, 5.41) is 13.6. The molecule has 1 saturated carbocycles. The summed E-state index contributed by atoms with van der Waals surface area (Å²) in [6.07, 6.45) is 2.99. The summed E-state index contributed by atoms with van der Waals surface area (Å²) in [5.41, 5.74) is 2.33. The Labute approximate surface area is 102 Å². The molecule has 3 rings (SSSR count). The second-order valence-corrected chi connectivity index (χ2v) is 5.03. The molecule has 2 aliphatic rings. The van der Waals surface area contributed by atoms with E-state index in [0.717, 1.165) is 17.9 Å². The van der Waals surface area contributed by atoms with Gasteiger partial charge in [-0.15, -0.1) is 0 Å². The molecular formula is C14H19NO2. The second-order valence-electron chi connectivity index (χ2n) is 5.03. The van der Waals surface area contributed by atoms with Gasteiger partial charge < -0.3 is 15.2 Å². The van der Waals surface area contributed by atoms with Gasteiger partial charge in [0.1, 0.15) is 5.75 Å². The first-order chi connectivity index (χ1) is 8.28. The van der Waals surface area contributed by atoms with Crippen LogP contribution in [0, 0.1) is 5.92 Å². The smallest absolute Gasteiger partial charge is 0.119 e. The summed E-state index contributed by atoms with van der Waals surface area (Å²) in [6.45, 7) is 2.66. The highest BCUT2D eigenvalue weighted by Crippen LogP contribution is 2.40. The van der Waals surface area contributed by atoms with Crippen molar-refractivity contribution in [3.63, 3.8) is 0 Å². The molecule has 3 heteroatoms. The van der Waals surface area contributed by atoms with E-state index >= 15 is 0 Å². The number of benzene rings is 1. The van der Waals surface area contributed by atoms with Crippen LogP contribution in [0.5, 0.6) is 5.75 Å². The number of ether oxygens (including phenoxy) is 1. The largest absolute Gasteiger partial charge is 0.494 e. The quantitative estimate of drug-likeness (QED) is 0.841. The van der Waals surface area contributed by atoms with Crippen LogP contribution in [-0.4, -0.2) is 23.9 Å². The molecule has 1 aliphatic carbocycles. The van der Waals surface area contributed by atoms with Gasteiger partial charge in [0, 0.05) is 12.1 Å². The SMILES string of the molecule is CCOc1ccc2c(c1)CC(O)C(C1CC1)N2. The molecule has 1 fully saturated rings. The summed E-state index contributed by atoms with van der Waals surface area (Å²) in [4.78, 5) is 0. The number of fused-ring (bicyclic) bond motifs is 1. The monoisotopic (exact) mass is 233 g/mol. The Bertz CT molecular complexity index is 415. The van der Waals surface area contributed by atoms with E-state index in [9.17, 15) is 5.11 Å². The third kappa shape index (κ3) is 2.12. The van der Waals surface area contributed by atoms with Crippen LogP contribution >= 0.6 is 0 Å². The zero-order valence-electron chi connectivity index (χ0n) is 10.1. The molecule has 0 spiro atoms. The average molecular weight is 233 g/mol. The molecule has 2 atom stereocenters. The lowest BCUT2D eigenvalue weighted by Crippen LogP contribution is -2.40. The number of aliphatic hydroxyl groups excluding tert-OH is 1. The maximum absolute atomic E-state index is 10.1. The van der Waals surface area contributed by atoms with Crippen LogP contribution in [0.25, 0.3) is 0 Å². The predicted molar refractivity (Wildman–Crippen MR) is 67.5 cm³/mol. The van der Waals surface area contributed by atoms with Crippen molar-refractivity contribution in [1.82, 2.24) is 0 Å². The fraction of sp³-hybridized carbons (Fsp3) is 0.571. The van der Waals surface area contributed by atoms with Crippen LogP contribution < -0.4 is 10.1 Å². The third-order valence-corrected chi connectivity index (χ3v) is 3.68. The van der Waals surface area contributed by atoms with Gasteiger partial charge in [-0.1, -0.05) is 0 Å². The zero-order chi connectivity index (χ0) is 11.8. The summed E-state index contributed by atoms with van der Waals surface area (Å²) in [5.74, 6) is 1.56. The Hall–Kier alpha value is -1.22. The first-order valence-electron chi connectivity index (χ1n) is 6.48. The number of anilines is 1. The predicted octanol–water partition coefficient (Wildman–Crippen LogP) is 2.19. The van der Waals surface area contributed by atoms with E-state index in [1.807, 2.05) is 19.1 Å². The van der Waals surface area contributed by atoms with Gasteiger partial charge >= 0.3 is 0 Å². The third-order valence-electron chi connectivity index (χ3n) is 3.68. The molecule has 0 bridgehead atoms. The molecule has 92 valence electrons. The van der Waals surface area contributed by atoms with Gasteiger partial charge in [-0.3, -0.25) is 0 Å². The first-order valence-corrected chi connectivity index (χ1v) is 6.48. The van der Waals surface area contributed by atoms with Crippen molar-refractivity contribution in [1.29, 1.82) is 0 Å². The van der Waals surface area contributed by atoms with Crippen molar-refractivity contribution in [2.24, 2.45) is 5.92 Å². The van der Waals surface area contributed by atoms with Crippen molar-refractivity contribution in [3.05, 3.63) is 23.8 Å². The molecule has 2 unspecified atom stereocenters. The number of hydrogen-bond donors (Lipinski definition) is 2. The van der Waals surface area contributed by atoms with Gasteiger partial charge in [0.2, 0.25) is 0 Å². The van der Waals surface area contributed by atoms with Gasteiger partial charge in [0.25, 0.3) is 0 Å². The van der Waals surface area contributed by atoms with E-state index in [4.69, 9.17) is 4.74 Å². The highest BCUT2D eigenvalue weighted by Gasteiger charge is 2.38. The lowest BCUT2D eigenvalue weighted by molar-refractivity contribution is 0.139. The minimum atomic E-state index is -0.258. The normalized spacial score (nSPS) is 27.2. The molecule has 1 aliphatic heterocycles. The van der Waals surface area contributed by atoms with Crippen LogP contribution in [0.2, 0.25) is 0 Å². The van der Waals surface area contributed by atoms with Crippen LogP contribution in [0.3, 0.4) is 0 Å². The Morgan fingerprint density at radius 1 is 1.41 bits per heavy atom. The highest BCUT2D eigenvalue weighted by atomic mass is 16.5. The lowest BCUT2D eigenvalue weighted by Gasteiger charge is -2.32. The molecule has 0 amide bonds. The van der Waals surface area contributed by atoms with Gasteiger partial charge in [0.05, 0.1) is 18.8 Å². The number of hydrogen-bond acceptors (Lipinski definition) is 3. The van der Waals surface area contributed by atoms with Crippen molar-refractivity contribution in [2.75, 3.05) is 11.9 Å². The minimum absolute atomic E-state index is 0.250. The Balaban J connectivity index is 1.83. The van der Waals surface area contributed by atoms with Crippen LogP contribution in [-0.2, 0) is 6.42 Å². The zero-order valence-corrected chi connectivity index (χ0v) is 10.1. The van der Waals surface area contributed by atoms with Crippen molar-refractivity contribution >= 4 is 5.69 Å². The van der Waals surface area contributed by atoms with Gasteiger partial charge in [0.15, 0.2) is 0 Å². The summed E-state index contributed by atoms with van der Waals surface area (Å²) >= 11 is 0. The fourth-order valence-electron chi connectivity index (χ4n) is 2.65. The molecule has 1 aromatic carbocycles. The van der Waals surface area contributed by atoms with Gasteiger partial charge in [-0.05, 0) is 49.4 Å². The summed E-state index contributed by atoms with van der Waals surface area (Å²) in [7, 11) is 0. The van der Waals surface area contributed by atoms with Crippen LogP contribution in [0.1, 0.15) is 25.3 Å². The number of rotatable bonds is 3. The van der Waals surface area contributed by atoms with E-state index in [2.05, 4.69) is 11.4 Å². The Kier molecular flexibility index (Phi) is 2.71. The molecule has 0 aromatic heterocycles. The summed E-state index contributed by atoms with van der Waals surface area (Å²) in [6, 6.07) is 6.36. The highest BCUT2D eigenvalue weighted by molar-refractivity contribution is 5.57. The van der Waals surface area contributed by atoms with Crippen LogP contribution in [0.4, 0.5) is 5.69 Å². The maximum atomic E-state index is 10.1. The van der Waals surface area contributed by atoms with Crippen molar-refractivity contribution in [2.45, 2.75) is 38.3 Å². The first kappa shape index (κ1) is 10.9. The van der Waals surface area contributed by atoms with E-state index in [-0.39, 0.29) is 12.1 Å². The van der Waals surface area contributed by atoms with E-state index in [1.165, 1.54) is 18.4 Å². The number of aliphatic hydroxyl groups is 1. The van der Waals surface area contributed by atoms with Crippen LogP contribution in [0.15, 0.2) is 18.2 Å². The molecule has 3 nitrogen and oxygen atoms in total. The Morgan fingerprint density at radius 3 is 2.94 bits per heavy atom. The molecular weight excluding hydrogens is 214 g/mol.